The van der Waals surface area contributed by atoms with Crippen molar-refractivity contribution in [3.8, 4) is 0 Å². The third kappa shape index (κ3) is 12.3. The second-order valence-electron chi connectivity index (χ2n) is 6.85. The van der Waals surface area contributed by atoms with Gasteiger partial charge in [-0.25, -0.2) is 4.79 Å². The molecule has 4 unspecified atom stereocenters. The summed E-state index contributed by atoms with van der Waals surface area (Å²) in [6.45, 7) is 0. The van der Waals surface area contributed by atoms with Gasteiger partial charge in [-0.3, -0.25) is 28.8 Å². The summed E-state index contributed by atoms with van der Waals surface area (Å²) < 4.78 is 0. The van der Waals surface area contributed by atoms with E-state index in [0.29, 0.717) is 0 Å². The first-order valence-electron chi connectivity index (χ1n) is 9.50. The number of hydrogen-bond donors (Lipinski definition) is 9. The van der Waals surface area contributed by atoms with Crippen molar-refractivity contribution >= 4 is 54.2 Å². The van der Waals surface area contributed by atoms with Crippen molar-refractivity contribution in [2.24, 2.45) is 11.5 Å². The fourth-order valence-corrected chi connectivity index (χ4v) is 2.61. The van der Waals surface area contributed by atoms with Gasteiger partial charge in [-0.05, 0) is 12.8 Å². The number of primary amides is 1. The molecule has 0 fully saturated rings. The molecule has 15 nitrogen and oxygen atoms in total. The van der Waals surface area contributed by atoms with Crippen molar-refractivity contribution < 1.29 is 48.9 Å². The SMILES string of the molecule is NC(=O)CC(NC(=O)C(N)CCC(=O)O)C(=O)NC(CCC(=O)O)C(=O)NC(CS)C(=O)O. The Morgan fingerprint density at radius 3 is 1.64 bits per heavy atom. The number of nitrogens with one attached hydrogen (secondary N) is 3. The van der Waals surface area contributed by atoms with Gasteiger partial charge in [0.2, 0.25) is 23.6 Å². The van der Waals surface area contributed by atoms with Gasteiger partial charge in [-0.1, -0.05) is 0 Å². The van der Waals surface area contributed by atoms with Crippen LogP contribution in [0.1, 0.15) is 32.1 Å². The fraction of sp³-hybridized carbons (Fsp3) is 0.588. The molecule has 0 aromatic carbocycles. The summed E-state index contributed by atoms with van der Waals surface area (Å²) in [5.41, 5.74) is 10.6. The van der Waals surface area contributed by atoms with Gasteiger partial charge >= 0.3 is 17.9 Å². The van der Waals surface area contributed by atoms with E-state index < -0.39 is 91.4 Å². The number of amides is 4. The number of hydrogen-bond acceptors (Lipinski definition) is 9. The van der Waals surface area contributed by atoms with Crippen LogP contribution in [0.15, 0.2) is 0 Å². The van der Waals surface area contributed by atoms with Crippen LogP contribution in [0, 0.1) is 0 Å². The Labute approximate surface area is 193 Å². The molecule has 0 radical (unpaired) electrons. The van der Waals surface area contributed by atoms with E-state index in [9.17, 15) is 33.6 Å². The maximum Gasteiger partial charge on any atom is 0.327 e. The number of rotatable bonds is 16. The Bertz CT molecular complexity index is 777. The van der Waals surface area contributed by atoms with Crippen LogP contribution in [0.25, 0.3) is 0 Å². The number of aliphatic carboxylic acids is 3. The largest absolute Gasteiger partial charge is 0.481 e. The second-order valence-corrected chi connectivity index (χ2v) is 7.21. The highest BCUT2D eigenvalue weighted by Crippen LogP contribution is 2.04. The topological polar surface area (TPSA) is 268 Å². The van der Waals surface area contributed by atoms with Crippen LogP contribution >= 0.6 is 12.6 Å². The third-order valence-corrected chi connectivity index (χ3v) is 4.49. The maximum atomic E-state index is 12.6. The van der Waals surface area contributed by atoms with E-state index in [1.807, 2.05) is 0 Å². The molecule has 186 valence electrons. The molecule has 0 aliphatic heterocycles. The summed E-state index contributed by atoms with van der Waals surface area (Å²) in [6.07, 6.45) is -2.44. The molecule has 0 bridgehead atoms. The molecule has 0 saturated heterocycles. The summed E-state index contributed by atoms with van der Waals surface area (Å²) in [5.74, 6) is -8.35. The highest BCUT2D eigenvalue weighted by atomic mass is 32.1. The standard InChI is InChI=1S/C17H27N5O10S/c18-7(1-3-12(24)25)14(28)21-9(5-11(19)23)16(30)20-8(2-4-13(26)27)15(29)22-10(6-33)17(31)32/h7-10,33H,1-6,18H2,(H2,19,23)(H,20,30)(H,21,28)(H,22,29)(H,24,25)(H,26,27)(H,31,32). The van der Waals surface area contributed by atoms with E-state index in [1.165, 1.54) is 0 Å². The van der Waals surface area contributed by atoms with Gasteiger partial charge < -0.3 is 42.7 Å². The lowest BCUT2D eigenvalue weighted by Crippen LogP contribution is -2.58. The number of carboxylic acids is 3. The fourth-order valence-electron chi connectivity index (χ4n) is 2.37. The molecule has 16 heteroatoms. The average molecular weight is 493 g/mol. The predicted molar refractivity (Wildman–Crippen MR) is 113 cm³/mol. The van der Waals surface area contributed by atoms with Gasteiger partial charge in [0.15, 0.2) is 0 Å². The lowest BCUT2D eigenvalue weighted by atomic mass is 10.1. The molecule has 0 heterocycles. The first-order valence-corrected chi connectivity index (χ1v) is 10.1. The van der Waals surface area contributed by atoms with Crippen molar-refractivity contribution in [3.63, 3.8) is 0 Å². The van der Waals surface area contributed by atoms with Gasteiger partial charge in [0.05, 0.1) is 12.5 Å². The van der Waals surface area contributed by atoms with Crippen molar-refractivity contribution in [2.45, 2.75) is 56.3 Å². The van der Waals surface area contributed by atoms with E-state index in [1.54, 1.807) is 0 Å². The van der Waals surface area contributed by atoms with Gasteiger partial charge in [0, 0.05) is 18.6 Å². The molecule has 0 aromatic heterocycles. The number of nitrogens with two attached hydrogens (primary N) is 2. The molecule has 0 spiro atoms. The highest BCUT2D eigenvalue weighted by Gasteiger charge is 2.31. The quantitative estimate of drug-likeness (QED) is 0.0947. The zero-order chi connectivity index (χ0) is 25.7. The molecule has 0 rings (SSSR count). The number of carbonyl (C=O) groups is 7. The smallest absolute Gasteiger partial charge is 0.327 e. The van der Waals surface area contributed by atoms with Crippen LogP contribution in [-0.2, 0) is 33.6 Å². The Morgan fingerprint density at radius 1 is 0.727 bits per heavy atom. The summed E-state index contributed by atoms with van der Waals surface area (Å²) in [6, 6.07) is -5.92. The van der Waals surface area contributed by atoms with Crippen LogP contribution < -0.4 is 27.4 Å². The molecule has 10 N–H and O–H groups in total. The van der Waals surface area contributed by atoms with Crippen LogP contribution in [-0.4, -0.2) is 86.8 Å². The van der Waals surface area contributed by atoms with Crippen molar-refractivity contribution in [2.75, 3.05) is 5.75 Å². The minimum atomic E-state index is -1.62. The average Bonchev–Trinajstić information content (AvgIpc) is 2.71. The molecule has 0 saturated carbocycles. The van der Waals surface area contributed by atoms with Gasteiger partial charge in [-0.15, -0.1) is 0 Å². The predicted octanol–water partition coefficient (Wildman–Crippen LogP) is -3.61. The van der Waals surface area contributed by atoms with Crippen LogP contribution in [0.5, 0.6) is 0 Å². The summed E-state index contributed by atoms with van der Waals surface area (Å²) in [5, 5.41) is 32.9. The molecule has 0 aromatic rings. The minimum absolute atomic E-state index is 0.268. The van der Waals surface area contributed by atoms with E-state index in [4.69, 9.17) is 26.8 Å². The normalized spacial score (nSPS) is 14.1. The number of carbonyl (C=O) groups excluding carboxylic acids is 4. The molecule has 33 heavy (non-hydrogen) atoms. The van der Waals surface area contributed by atoms with Gasteiger partial charge in [0.1, 0.15) is 18.1 Å². The first-order chi connectivity index (χ1) is 15.3. The molecule has 4 atom stereocenters. The van der Waals surface area contributed by atoms with Crippen molar-refractivity contribution in [1.82, 2.24) is 16.0 Å². The zero-order valence-corrected chi connectivity index (χ0v) is 18.2. The van der Waals surface area contributed by atoms with E-state index >= 15 is 0 Å². The van der Waals surface area contributed by atoms with Crippen LogP contribution in [0.3, 0.4) is 0 Å². The Balaban J connectivity index is 5.47. The number of thiol groups is 1. The third-order valence-electron chi connectivity index (χ3n) is 4.12. The summed E-state index contributed by atoms with van der Waals surface area (Å²) in [7, 11) is 0. The lowest BCUT2D eigenvalue weighted by Gasteiger charge is -2.24. The monoisotopic (exact) mass is 493 g/mol. The van der Waals surface area contributed by atoms with Crippen LogP contribution in [0.4, 0.5) is 0 Å². The Kier molecular flexibility index (Phi) is 13.1. The Morgan fingerprint density at radius 2 is 1.18 bits per heavy atom. The molecule has 4 amide bonds. The van der Waals surface area contributed by atoms with Crippen LogP contribution in [0.2, 0.25) is 0 Å². The molecule has 0 aliphatic carbocycles. The van der Waals surface area contributed by atoms with E-state index in [-0.39, 0.29) is 12.2 Å². The summed E-state index contributed by atoms with van der Waals surface area (Å²) >= 11 is 3.79. The zero-order valence-electron chi connectivity index (χ0n) is 17.4. The molecular weight excluding hydrogens is 466 g/mol. The Hall–Kier alpha value is -3.40. The number of carboxylic acid groups (broad SMARTS) is 3. The van der Waals surface area contributed by atoms with E-state index in [2.05, 4.69) is 28.6 Å². The first kappa shape index (κ1) is 29.6. The summed E-state index contributed by atoms with van der Waals surface area (Å²) in [4.78, 5) is 81.1. The highest BCUT2D eigenvalue weighted by molar-refractivity contribution is 7.80. The lowest BCUT2D eigenvalue weighted by molar-refractivity contribution is -0.142. The van der Waals surface area contributed by atoms with Gasteiger partial charge in [-0.2, -0.15) is 12.6 Å². The van der Waals surface area contributed by atoms with Gasteiger partial charge in [0.25, 0.3) is 0 Å². The second kappa shape index (κ2) is 14.6. The maximum absolute atomic E-state index is 12.6. The van der Waals surface area contributed by atoms with Crippen molar-refractivity contribution in [1.29, 1.82) is 0 Å². The minimum Gasteiger partial charge on any atom is -0.481 e. The molecular formula is C17H27N5O10S. The van der Waals surface area contributed by atoms with E-state index in [0.717, 1.165) is 0 Å². The van der Waals surface area contributed by atoms with Crippen molar-refractivity contribution in [3.05, 3.63) is 0 Å². The molecule has 0 aliphatic rings.